The van der Waals surface area contributed by atoms with Gasteiger partial charge >= 0.3 is 0 Å². The molecule has 5 rings (SSSR count). The normalized spacial score (nSPS) is 12.8. The summed E-state index contributed by atoms with van der Waals surface area (Å²) in [6.07, 6.45) is 6.23. The Morgan fingerprint density at radius 2 is 1.76 bits per heavy atom. The summed E-state index contributed by atoms with van der Waals surface area (Å²) >= 11 is 6.01. The van der Waals surface area contributed by atoms with Gasteiger partial charge < -0.3 is 10.2 Å². The number of halogens is 1. The van der Waals surface area contributed by atoms with Crippen molar-refractivity contribution in [2.45, 2.75) is 13.5 Å². The molecule has 1 aromatic heterocycles. The number of anilines is 3. The van der Waals surface area contributed by atoms with Gasteiger partial charge in [-0.25, -0.2) is 4.98 Å². The van der Waals surface area contributed by atoms with Crippen LogP contribution in [0.1, 0.15) is 16.7 Å². The molecule has 0 fully saturated rings. The lowest BCUT2D eigenvalue weighted by molar-refractivity contribution is 0.953. The van der Waals surface area contributed by atoms with Crippen LogP contribution in [0, 0.1) is 6.92 Å². The van der Waals surface area contributed by atoms with Gasteiger partial charge in [0, 0.05) is 40.4 Å². The molecule has 0 atom stereocenters. The van der Waals surface area contributed by atoms with Gasteiger partial charge in [-0.2, -0.15) is 0 Å². The van der Waals surface area contributed by atoms with Crippen LogP contribution < -0.4 is 10.2 Å². The third-order valence-electron chi connectivity index (χ3n) is 5.34. The Balaban J connectivity index is 1.58. The highest BCUT2D eigenvalue weighted by atomic mass is 35.5. The Labute approximate surface area is 175 Å². The van der Waals surface area contributed by atoms with Crippen LogP contribution in [-0.2, 0) is 6.54 Å². The van der Waals surface area contributed by atoms with Crippen LogP contribution in [0.5, 0.6) is 0 Å². The summed E-state index contributed by atoms with van der Waals surface area (Å²) in [4.78, 5) is 6.92. The van der Waals surface area contributed by atoms with Gasteiger partial charge in [-0.15, -0.1) is 0 Å². The molecule has 4 heteroatoms. The molecule has 3 nitrogen and oxygen atoms in total. The van der Waals surface area contributed by atoms with Crippen molar-refractivity contribution in [1.82, 2.24) is 4.98 Å². The van der Waals surface area contributed by atoms with Gasteiger partial charge in [0.15, 0.2) is 0 Å². The smallest absolute Gasteiger partial charge is 0.138 e. The molecular formula is C25H20ClN3. The molecule has 0 unspecified atom stereocenters. The summed E-state index contributed by atoms with van der Waals surface area (Å²) < 4.78 is 0. The first kappa shape index (κ1) is 17.8. The number of aryl methyl sites for hydroxylation is 1. The van der Waals surface area contributed by atoms with Crippen LogP contribution in [0.25, 0.3) is 16.8 Å². The van der Waals surface area contributed by atoms with Gasteiger partial charge in [0.25, 0.3) is 0 Å². The Bertz CT molecular complexity index is 1230. The maximum absolute atomic E-state index is 6.01. The summed E-state index contributed by atoms with van der Waals surface area (Å²) in [6.45, 7) is 3.02. The van der Waals surface area contributed by atoms with E-state index in [1.54, 1.807) is 0 Å². The zero-order valence-electron chi connectivity index (χ0n) is 16.1. The van der Waals surface area contributed by atoms with Crippen LogP contribution in [0.15, 0.2) is 79.1 Å². The monoisotopic (exact) mass is 397 g/mol. The molecule has 0 saturated heterocycles. The molecule has 1 aliphatic heterocycles. The minimum Gasteiger partial charge on any atom is -0.343 e. The average Bonchev–Trinajstić information content (AvgIpc) is 2.75. The molecule has 0 bridgehead atoms. The van der Waals surface area contributed by atoms with Gasteiger partial charge in [0.05, 0.1) is 5.69 Å². The number of nitrogens with zero attached hydrogens (tertiary/aromatic N) is 2. The van der Waals surface area contributed by atoms with Crippen LogP contribution >= 0.6 is 11.6 Å². The number of benzene rings is 3. The SMILES string of the molecule is Cc1ccc2c(Nc3ccc(Cl)cc3)nccc2c1N1C=Cc2ccccc2C1. The van der Waals surface area contributed by atoms with Crippen molar-refractivity contribution in [2.75, 3.05) is 10.2 Å². The minimum atomic E-state index is 0.719. The van der Waals surface area contributed by atoms with E-state index in [0.717, 1.165) is 28.5 Å². The van der Waals surface area contributed by atoms with Crippen LogP contribution in [0.4, 0.5) is 17.2 Å². The quantitative estimate of drug-likeness (QED) is 0.406. The van der Waals surface area contributed by atoms with E-state index in [-0.39, 0.29) is 0 Å². The van der Waals surface area contributed by atoms with Crippen molar-refractivity contribution in [1.29, 1.82) is 0 Å². The number of fused-ring (bicyclic) bond motifs is 2. The summed E-state index contributed by atoms with van der Waals surface area (Å²) in [5, 5.41) is 6.43. The first-order chi connectivity index (χ1) is 14.2. The fourth-order valence-electron chi connectivity index (χ4n) is 3.90. The first-order valence-electron chi connectivity index (χ1n) is 9.63. The Hall–Kier alpha value is -3.30. The van der Waals surface area contributed by atoms with Crippen molar-refractivity contribution >= 4 is 45.6 Å². The molecule has 4 aromatic rings. The van der Waals surface area contributed by atoms with E-state index in [0.29, 0.717) is 0 Å². The van der Waals surface area contributed by atoms with Crippen molar-refractivity contribution in [3.63, 3.8) is 0 Å². The van der Waals surface area contributed by atoms with Crippen LogP contribution in [0.3, 0.4) is 0 Å². The zero-order valence-corrected chi connectivity index (χ0v) is 16.8. The Morgan fingerprint density at radius 1 is 0.931 bits per heavy atom. The largest absolute Gasteiger partial charge is 0.343 e. The zero-order chi connectivity index (χ0) is 19.8. The fourth-order valence-corrected chi connectivity index (χ4v) is 4.03. The first-order valence-corrected chi connectivity index (χ1v) is 10.0. The highest BCUT2D eigenvalue weighted by molar-refractivity contribution is 6.30. The fraction of sp³-hybridized carbons (Fsp3) is 0.0800. The van der Waals surface area contributed by atoms with Crippen LogP contribution in [-0.4, -0.2) is 4.98 Å². The summed E-state index contributed by atoms with van der Waals surface area (Å²) in [5.41, 5.74) is 6.04. The van der Waals surface area contributed by atoms with Gasteiger partial charge in [0.2, 0.25) is 0 Å². The summed E-state index contributed by atoms with van der Waals surface area (Å²) in [6, 6.07) is 22.6. The lowest BCUT2D eigenvalue weighted by atomic mass is 10.0. The van der Waals surface area contributed by atoms with E-state index in [1.807, 2.05) is 30.5 Å². The second-order valence-corrected chi connectivity index (χ2v) is 7.70. The van der Waals surface area contributed by atoms with Gasteiger partial charge in [-0.05, 0) is 60.0 Å². The molecule has 0 spiro atoms. The summed E-state index contributed by atoms with van der Waals surface area (Å²) in [7, 11) is 0. The molecule has 3 aromatic carbocycles. The maximum atomic E-state index is 6.01. The lowest BCUT2D eigenvalue weighted by Crippen LogP contribution is -2.20. The molecule has 1 N–H and O–H groups in total. The van der Waals surface area contributed by atoms with Crippen molar-refractivity contribution in [2.24, 2.45) is 0 Å². The molecule has 0 aliphatic carbocycles. The van der Waals surface area contributed by atoms with Crippen molar-refractivity contribution < 1.29 is 0 Å². The highest BCUT2D eigenvalue weighted by Crippen LogP contribution is 2.37. The number of nitrogens with one attached hydrogen (secondary N) is 1. The standard InChI is InChI=1S/C25H20ClN3/c1-17-6-11-23-22(12-14-27-25(23)28-21-9-7-20(26)8-10-21)24(17)29-15-13-18-4-2-3-5-19(18)16-29/h2-15H,16H2,1H3,(H,27,28). The predicted octanol–water partition coefficient (Wildman–Crippen LogP) is 6.93. The number of hydrogen-bond acceptors (Lipinski definition) is 3. The molecule has 2 heterocycles. The molecule has 0 saturated carbocycles. The molecular weight excluding hydrogens is 378 g/mol. The third kappa shape index (κ3) is 3.34. The minimum absolute atomic E-state index is 0.719. The average molecular weight is 398 g/mol. The van der Waals surface area contributed by atoms with E-state index in [2.05, 4.69) is 76.9 Å². The van der Waals surface area contributed by atoms with Crippen LogP contribution in [0.2, 0.25) is 5.02 Å². The molecule has 29 heavy (non-hydrogen) atoms. The number of hydrogen-bond donors (Lipinski definition) is 1. The topological polar surface area (TPSA) is 28.2 Å². The number of rotatable bonds is 3. The van der Waals surface area contributed by atoms with Crippen molar-refractivity contribution in [3.05, 3.63) is 101 Å². The molecule has 142 valence electrons. The summed E-state index contributed by atoms with van der Waals surface area (Å²) in [5.74, 6) is 0.840. The van der Waals surface area contributed by atoms with E-state index < -0.39 is 0 Å². The predicted molar refractivity (Wildman–Crippen MR) is 123 cm³/mol. The third-order valence-corrected chi connectivity index (χ3v) is 5.59. The van der Waals surface area contributed by atoms with E-state index in [9.17, 15) is 0 Å². The van der Waals surface area contributed by atoms with E-state index in [4.69, 9.17) is 11.6 Å². The molecule has 0 radical (unpaired) electrons. The molecule has 1 aliphatic rings. The van der Waals surface area contributed by atoms with Gasteiger partial charge in [-0.3, -0.25) is 0 Å². The number of aromatic nitrogens is 1. The van der Waals surface area contributed by atoms with Gasteiger partial charge in [0.1, 0.15) is 5.82 Å². The second kappa shape index (κ2) is 7.26. The second-order valence-electron chi connectivity index (χ2n) is 7.26. The Morgan fingerprint density at radius 3 is 2.62 bits per heavy atom. The maximum Gasteiger partial charge on any atom is 0.138 e. The van der Waals surface area contributed by atoms with Crippen molar-refractivity contribution in [3.8, 4) is 0 Å². The van der Waals surface area contributed by atoms with E-state index in [1.165, 1.54) is 27.8 Å². The molecule has 0 amide bonds. The highest BCUT2D eigenvalue weighted by Gasteiger charge is 2.17. The number of pyridine rings is 1. The Kier molecular flexibility index (Phi) is 4.45. The van der Waals surface area contributed by atoms with Gasteiger partial charge in [-0.1, -0.05) is 48.0 Å². The van der Waals surface area contributed by atoms with E-state index >= 15 is 0 Å². The lowest BCUT2D eigenvalue weighted by Gasteiger charge is -2.28.